The van der Waals surface area contributed by atoms with Crippen LogP contribution in [0.1, 0.15) is 48.0 Å². The molecule has 5 heteroatoms. The normalized spacial score (nSPS) is 53.1. The lowest BCUT2D eigenvalue weighted by Crippen LogP contribution is -2.67. The molecule has 0 radical (unpaired) electrons. The van der Waals surface area contributed by atoms with Gasteiger partial charge in [-0.1, -0.05) is 32.9 Å². The molecule has 2 saturated carbocycles. The molecule has 8 atom stereocenters. The predicted molar refractivity (Wildman–Crippen MR) is 103 cm³/mol. The topological polar surface area (TPSA) is 76.0 Å². The molecule has 0 unspecified atom stereocenters. The quantitative estimate of drug-likeness (QED) is 0.624. The zero-order valence-electron chi connectivity index (χ0n) is 17.7. The number of aliphatic hydroxyl groups excluding tert-OH is 1. The fraction of sp³-hybridized carbons (Fsp3) is 0.783. The summed E-state index contributed by atoms with van der Waals surface area (Å²) in [5, 5.41) is 23.4. The first-order valence-corrected chi connectivity index (χ1v) is 10.5. The number of allylic oxidation sites excluding steroid dienone is 1. The Bertz CT molecular complexity index is 823. The Hall–Kier alpha value is -1.01. The van der Waals surface area contributed by atoms with Crippen molar-refractivity contribution >= 4 is 5.78 Å². The molecule has 2 N–H and O–H groups in total. The maximum absolute atomic E-state index is 14.1. The van der Waals surface area contributed by atoms with Gasteiger partial charge in [-0.15, -0.1) is 0 Å². The van der Waals surface area contributed by atoms with Crippen molar-refractivity contribution < 1.29 is 24.5 Å². The van der Waals surface area contributed by atoms with Gasteiger partial charge >= 0.3 is 0 Å². The summed E-state index contributed by atoms with van der Waals surface area (Å²) in [5.41, 5.74) is -1.29. The van der Waals surface area contributed by atoms with Crippen molar-refractivity contribution in [2.75, 3.05) is 6.61 Å². The van der Waals surface area contributed by atoms with Gasteiger partial charge in [-0.05, 0) is 61.5 Å². The number of ketones is 1. The summed E-state index contributed by atoms with van der Waals surface area (Å²) in [6.07, 6.45) is 2.85. The average molecular weight is 389 g/mol. The molecule has 5 rings (SSSR count). The van der Waals surface area contributed by atoms with E-state index >= 15 is 0 Å². The smallest absolute Gasteiger partial charge is 0.164 e. The molecule has 28 heavy (non-hydrogen) atoms. The molecule has 1 aliphatic heterocycles. The van der Waals surface area contributed by atoms with Crippen LogP contribution in [0.3, 0.4) is 0 Å². The van der Waals surface area contributed by atoms with Crippen molar-refractivity contribution in [2.24, 2.45) is 34.5 Å². The number of carbonyl (C=O) groups excluding carboxylic acids is 1. The number of fused-ring (bicyclic) bond motifs is 5. The van der Waals surface area contributed by atoms with Crippen molar-refractivity contribution in [3.8, 4) is 0 Å². The van der Waals surface area contributed by atoms with E-state index in [1.807, 2.05) is 32.9 Å². The van der Waals surface area contributed by atoms with E-state index in [0.717, 1.165) is 12.0 Å². The van der Waals surface area contributed by atoms with Crippen LogP contribution in [0.25, 0.3) is 0 Å². The van der Waals surface area contributed by atoms with Crippen LogP contribution in [0.5, 0.6) is 0 Å². The fourth-order valence-electron chi connectivity index (χ4n) is 7.14. The molecule has 5 nitrogen and oxygen atoms in total. The molecule has 0 amide bonds. The Labute approximate surface area is 166 Å². The lowest BCUT2D eigenvalue weighted by Gasteiger charge is -2.52. The number of rotatable bonds is 0. The number of hydrogen-bond acceptors (Lipinski definition) is 5. The van der Waals surface area contributed by atoms with E-state index in [1.54, 1.807) is 0 Å². The van der Waals surface area contributed by atoms with Gasteiger partial charge in [0.05, 0.1) is 12.0 Å². The lowest BCUT2D eigenvalue weighted by atomic mass is 9.59. The van der Waals surface area contributed by atoms with Crippen LogP contribution in [0, 0.1) is 34.5 Å². The second-order valence-corrected chi connectivity index (χ2v) is 10.9. The van der Waals surface area contributed by atoms with Crippen molar-refractivity contribution in [2.45, 2.75) is 71.6 Å². The number of Topliss-reactive ketones (excluding diaryl/α,β-unsaturated/α-hetero) is 1. The first-order chi connectivity index (χ1) is 12.9. The van der Waals surface area contributed by atoms with Crippen LogP contribution < -0.4 is 0 Å². The van der Waals surface area contributed by atoms with Crippen LogP contribution in [-0.4, -0.2) is 46.2 Å². The fourth-order valence-corrected chi connectivity index (χ4v) is 7.14. The molecule has 0 aromatic heterocycles. The maximum Gasteiger partial charge on any atom is 0.164 e. The highest BCUT2D eigenvalue weighted by Gasteiger charge is 2.76. The summed E-state index contributed by atoms with van der Waals surface area (Å²) < 4.78 is 12.1. The van der Waals surface area contributed by atoms with Gasteiger partial charge in [0.25, 0.3) is 0 Å². The monoisotopic (exact) mass is 388 g/mol. The third-order valence-corrected chi connectivity index (χ3v) is 8.71. The Morgan fingerprint density at radius 2 is 1.89 bits per heavy atom. The first-order valence-electron chi connectivity index (χ1n) is 10.5. The van der Waals surface area contributed by atoms with Gasteiger partial charge < -0.3 is 19.7 Å². The van der Waals surface area contributed by atoms with Crippen molar-refractivity contribution in [1.29, 1.82) is 0 Å². The molecular formula is C23H32O5. The maximum atomic E-state index is 14.1. The van der Waals surface area contributed by atoms with Gasteiger partial charge in [0, 0.05) is 5.92 Å². The molecule has 0 aromatic carbocycles. The van der Waals surface area contributed by atoms with Gasteiger partial charge in [-0.2, -0.15) is 0 Å². The summed E-state index contributed by atoms with van der Waals surface area (Å²) in [6, 6.07) is 0. The minimum atomic E-state index is -1.71. The summed E-state index contributed by atoms with van der Waals surface area (Å²) in [4.78, 5) is 14.1. The first kappa shape index (κ1) is 19.0. The molecule has 2 bridgehead atoms. The highest BCUT2D eigenvalue weighted by Crippen LogP contribution is 2.72. The van der Waals surface area contributed by atoms with Crippen molar-refractivity contribution in [1.82, 2.24) is 0 Å². The molecule has 154 valence electrons. The minimum Gasteiger partial charge on any atom is -0.386 e. The molecule has 0 aromatic rings. The number of carbonyl (C=O) groups is 1. The molecule has 1 spiro atoms. The van der Waals surface area contributed by atoms with E-state index < -0.39 is 29.0 Å². The number of ether oxygens (including phenoxy) is 2. The van der Waals surface area contributed by atoms with E-state index in [1.165, 1.54) is 0 Å². The van der Waals surface area contributed by atoms with E-state index in [-0.39, 0.29) is 29.0 Å². The molecule has 3 fully saturated rings. The van der Waals surface area contributed by atoms with Gasteiger partial charge in [0.15, 0.2) is 11.6 Å². The van der Waals surface area contributed by atoms with Gasteiger partial charge in [0.1, 0.15) is 17.8 Å². The third kappa shape index (κ3) is 1.95. The van der Waals surface area contributed by atoms with Crippen LogP contribution in [0.4, 0.5) is 0 Å². The third-order valence-electron chi connectivity index (χ3n) is 8.71. The lowest BCUT2D eigenvalue weighted by molar-refractivity contribution is -0.303. The SMILES string of the molecule is CC1=C[C@]23C(=O)[C@@H](C=C4COC(C)(C)O[C@H]4[C@]2(O)[C@H]1O)[C@@H]1[C@@H](C[C@H]3C)C1(C)C. The van der Waals surface area contributed by atoms with Crippen LogP contribution in [0.15, 0.2) is 23.3 Å². The summed E-state index contributed by atoms with van der Waals surface area (Å²) in [5.74, 6) is -0.504. The summed E-state index contributed by atoms with van der Waals surface area (Å²) in [7, 11) is 0. The Kier molecular flexibility index (Phi) is 3.51. The number of aliphatic hydroxyl groups is 2. The van der Waals surface area contributed by atoms with E-state index in [2.05, 4.69) is 20.8 Å². The molecule has 4 aliphatic carbocycles. The zero-order chi connectivity index (χ0) is 20.4. The Morgan fingerprint density at radius 3 is 2.57 bits per heavy atom. The number of hydrogen-bond donors (Lipinski definition) is 2. The summed E-state index contributed by atoms with van der Waals surface area (Å²) >= 11 is 0. The van der Waals surface area contributed by atoms with Gasteiger partial charge in [-0.3, -0.25) is 4.79 Å². The van der Waals surface area contributed by atoms with Gasteiger partial charge in [0.2, 0.25) is 0 Å². The van der Waals surface area contributed by atoms with Gasteiger partial charge in [-0.25, -0.2) is 0 Å². The molecule has 1 heterocycles. The standard InChI is InChI=1S/C23H32O5/c1-11-9-22-12(2)7-15-16(20(15,3)4)14(18(22)25)8-13-10-27-21(5,6)28-19(13)23(22,26)17(11)24/h8-9,12,14-17,19,24,26H,7,10H2,1-6H3/t12-,14+,15-,16-,17+,19-,22+,23-/m1/s1. The molecule has 1 saturated heterocycles. The minimum absolute atomic E-state index is 0.0415. The van der Waals surface area contributed by atoms with E-state index in [9.17, 15) is 15.0 Å². The second kappa shape index (κ2) is 5.18. The van der Waals surface area contributed by atoms with Crippen LogP contribution in [-0.2, 0) is 14.3 Å². The van der Waals surface area contributed by atoms with Crippen molar-refractivity contribution in [3.05, 3.63) is 23.3 Å². The molecular weight excluding hydrogens is 356 g/mol. The largest absolute Gasteiger partial charge is 0.386 e. The average Bonchev–Trinajstić information content (AvgIpc) is 3.10. The van der Waals surface area contributed by atoms with Crippen LogP contribution in [0.2, 0.25) is 0 Å². The predicted octanol–water partition coefficient (Wildman–Crippen LogP) is 2.61. The summed E-state index contributed by atoms with van der Waals surface area (Å²) in [6.45, 7) is 12.3. The zero-order valence-corrected chi connectivity index (χ0v) is 17.7. The Morgan fingerprint density at radius 1 is 1.21 bits per heavy atom. The van der Waals surface area contributed by atoms with E-state index in [4.69, 9.17) is 9.47 Å². The highest BCUT2D eigenvalue weighted by molar-refractivity contribution is 5.95. The Balaban J connectivity index is 1.77. The molecule has 5 aliphatic rings. The second-order valence-electron chi connectivity index (χ2n) is 10.9. The highest BCUT2D eigenvalue weighted by atomic mass is 16.7. The van der Waals surface area contributed by atoms with Crippen molar-refractivity contribution in [3.63, 3.8) is 0 Å². The van der Waals surface area contributed by atoms with E-state index in [0.29, 0.717) is 18.1 Å². The van der Waals surface area contributed by atoms with Crippen LogP contribution >= 0.6 is 0 Å².